The number of carbonyl (C=O) groups excluding carboxylic acids is 1. The molecule has 0 heterocycles. The van der Waals surface area contributed by atoms with Gasteiger partial charge in [0.25, 0.3) is 11.6 Å². The highest BCUT2D eigenvalue weighted by molar-refractivity contribution is 6.13. The van der Waals surface area contributed by atoms with Gasteiger partial charge in [-0.2, -0.15) is 0 Å². The maximum atomic E-state index is 12.6. The number of nitrogens with one attached hydrogen (secondary N) is 1. The molecule has 3 rings (SSSR count). The van der Waals surface area contributed by atoms with Gasteiger partial charge < -0.3 is 15.2 Å². The number of benzene rings is 3. The van der Waals surface area contributed by atoms with Crippen molar-refractivity contribution in [1.82, 2.24) is 0 Å². The number of rotatable bonds is 4. The smallest absolute Gasteiger partial charge is 0.271 e. The van der Waals surface area contributed by atoms with E-state index in [4.69, 9.17) is 4.74 Å². The molecule has 0 radical (unpaired) electrons. The van der Waals surface area contributed by atoms with E-state index in [1.165, 1.54) is 31.4 Å². The second-order valence-corrected chi connectivity index (χ2v) is 5.34. The number of hydrogen-bond acceptors (Lipinski definition) is 5. The maximum absolute atomic E-state index is 12.6. The molecule has 0 aliphatic heterocycles. The van der Waals surface area contributed by atoms with Crippen LogP contribution in [0.15, 0.2) is 54.6 Å². The molecule has 0 aromatic heterocycles. The number of carbonyl (C=O) groups is 1. The Balaban J connectivity index is 2.02. The van der Waals surface area contributed by atoms with Gasteiger partial charge in [0.05, 0.1) is 17.6 Å². The lowest BCUT2D eigenvalue weighted by Crippen LogP contribution is -2.12. The fraction of sp³-hybridized carbons (Fsp3) is 0.0556. The summed E-state index contributed by atoms with van der Waals surface area (Å²) in [6.45, 7) is 0. The minimum Gasteiger partial charge on any atom is -0.508 e. The Labute approximate surface area is 142 Å². The number of ether oxygens (including phenoxy) is 1. The maximum Gasteiger partial charge on any atom is 0.271 e. The van der Waals surface area contributed by atoms with E-state index < -0.39 is 10.8 Å². The van der Waals surface area contributed by atoms with Crippen molar-refractivity contribution < 1.29 is 19.6 Å². The second-order valence-electron chi connectivity index (χ2n) is 5.34. The van der Waals surface area contributed by atoms with Crippen molar-refractivity contribution in [2.45, 2.75) is 0 Å². The summed E-state index contributed by atoms with van der Waals surface area (Å²) < 4.78 is 5.18. The summed E-state index contributed by atoms with van der Waals surface area (Å²) in [4.78, 5) is 22.9. The third kappa shape index (κ3) is 3.35. The Kier molecular flexibility index (Phi) is 4.21. The third-order valence-electron chi connectivity index (χ3n) is 3.71. The van der Waals surface area contributed by atoms with Crippen LogP contribution in [0.3, 0.4) is 0 Å². The van der Waals surface area contributed by atoms with Crippen LogP contribution in [0.25, 0.3) is 10.8 Å². The normalized spacial score (nSPS) is 10.4. The lowest BCUT2D eigenvalue weighted by atomic mass is 10.0. The van der Waals surface area contributed by atoms with Crippen molar-refractivity contribution in [2.24, 2.45) is 0 Å². The first-order valence-electron chi connectivity index (χ1n) is 7.34. The molecular weight excluding hydrogens is 324 g/mol. The van der Waals surface area contributed by atoms with Crippen LogP contribution in [-0.2, 0) is 0 Å². The van der Waals surface area contributed by atoms with Gasteiger partial charge in [0.2, 0.25) is 0 Å². The monoisotopic (exact) mass is 338 g/mol. The summed E-state index contributed by atoms with van der Waals surface area (Å²) in [6, 6.07) is 13.7. The standard InChI is InChI=1S/C18H14N2O5/c1-25-15-6-5-11-7-14(21)9-17(16(11)10-15)18(22)19-12-3-2-4-13(8-12)20(23)24/h2-10,21H,1H3,(H,19,22). The molecule has 0 atom stereocenters. The van der Waals surface area contributed by atoms with Gasteiger partial charge in [-0.05, 0) is 41.1 Å². The highest BCUT2D eigenvalue weighted by atomic mass is 16.6. The van der Waals surface area contributed by atoms with Crippen molar-refractivity contribution in [3.05, 3.63) is 70.3 Å². The van der Waals surface area contributed by atoms with Crippen molar-refractivity contribution in [3.8, 4) is 11.5 Å². The minimum absolute atomic E-state index is 0.0538. The number of fused-ring (bicyclic) bond motifs is 1. The van der Waals surface area contributed by atoms with Crippen LogP contribution in [0.2, 0.25) is 0 Å². The first-order chi connectivity index (χ1) is 12.0. The van der Waals surface area contributed by atoms with E-state index in [0.717, 1.165) is 0 Å². The van der Waals surface area contributed by atoms with Gasteiger partial charge >= 0.3 is 0 Å². The van der Waals surface area contributed by atoms with Crippen molar-refractivity contribution in [1.29, 1.82) is 0 Å². The van der Waals surface area contributed by atoms with Crippen molar-refractivity contribution in [3.63, 3.8) is 0 Å². The molecule has 2 N–H and O–H groups in total. The molecule has 0 saturated heterocycles. The predicted octanol–water partition coefficient (Wildman–Crippen LogP) is 3.71. The molecule has 3 aromatic carbocycles. The Bertz CT molecular complexity index is 984. The lowest BCUT2D eigenvalue weighted by Gasteiger charge is -2.10. The molecule has 0 unspecified atom stereocenters. The molecule has 0 aliphatic carbocycles. The largest absolute Gasteiger partial charge is 0.508 e. The van der Waals surface area contributed by atoms with Gasteiger partial charge in [-0.25, -0.2) is 0 Å². The molecule has 126 valence electrons. The highest BCUT2D eigenvalue weighted by Crippen LogP contribution is 2.29. The van der Waals surface area contributed by atoms with Gasteiger partial charge in [0, 0.05) is 17.8 Å². The number of anilines is 1. The first-order valence-corrected chi connectivity index (χ1v) is 7.34. The zero-order valence-electron chi connectivity index (χ0n) is 13.2. The van der Waals surface area contributed by atoms with E-state index >= 15 is 0 Å². The molecule has 0 bridgehead atoms. The van der Waals surface area contributed by atoms with Crippen LogP contribution in [-0.4, -0.2) is 23.0 Å². The lowest BCUT2D eigenvalue weighted by molar-refractivity contribution is -0.384. The molecule has 0 fully saturated rings. The molecule has 3 aromatic rings. The number of nitro groups is 1. The summed E-state index contributed by atoms with van der Waals surface area (Å²) in [5.41, 5.74) is 0.402. The van der Waals surface area contributed by atoms with Crippen LogP contribution >= 0.6 is 0 Å². The van der Waals surface area contributed by atoms with E-state index in [-0.39, 0.29) is 17.0 Å². The molecule has 0 saturated carbocycles. The van der Waals surface area contributed by atoms with Crippen LogP contribution in [0.1, 0.15) is 10.4 Å². The third-order valence-corrected chi connectivity index (χ3v) is 3.71. The number of phenolic OH excluding ortho intramolecular Hbond substituents is 1. The summed E-state index contributed by atoms with van der Waals surface area (Å²) in [7, 11) is 1.52. The summed E-state index contributed by atoms with van der Waals surface area (Å²) in [6.07, 6.45) is 0. The molecule has 25 heavy (non-hydrogen) atoms. The van der Waals surface area contributed by atoms with Crippen LogP contribution in [0.5, 0.6) is 11.5 Å². The fourth-order valence-electron chi connectivity index (χ4n) is 2.53. The van der Waals surface area contributed by atoms with Gasteiger partial charge in [0.15, 0.2) is 0 Å². The summed E-state index contributed by atoms with van der Waals surface area (Å²) in [5.74, 6) is 0.0269. The van der Waals surface area contributed by atoms with E-state index in [0.29, 0.717) is 22.2 Å². The Morgan fingerprint density at radius 3 is 2.68 bits per heavy atom. The topological polar surface area (TPSA) is 102 Å². The average molecular weight is 338 g/mol. The molecule has 0 aliphatic rings. The quantitative estimate of drug-likeness (QED) is 0.558. The second kappa shape index (κ2) is 6.48. The molecule has 7 nitrogen and oxygen atoms in total. The van der Waals surface area contributed by atoms with Crippen LogP contribution in [0.4, 0.5) is 11.4 Å². The fourth-order valence-corrected chi connectivity index (χ4v) is 2.53. The number of aromatic hydroxyl groups is 1. The van der Waals surface area contributed by atoms with E-state index in [1.54, 1.807) is 30.3 Å². The van der Waals surface area contributed by atoms with Gasteiger partial charge in [-0.3, -0.25) is 14.9 Å². The number of nitrogens with zero attached hydrogens (tertiary/aromatic N) is 1. The van der Waals surface area contributed by atoms with Crippen molar-refractivity contribution >= 4 is 28.1 Å². The van der Waals surface area contributed by atoms with E-state index in [2.05, 4.69) is 5.32 Å². The zero-order valence-corrected chi connectivity index (χ0v) is 13.2. The highest BCUT2D eigenvalue weighted by Gasteiger charge is 2.14. The minimum atomic E-state index is -0.537. The molecule has 1 amide bonds. The first kappa shape index (κ1) is 16.3. The number of methoxy groups -OCH3 is 1. The number of hydrogen-bond donors (Lipinski definition) is 2. The molecular formula is C18H14N2O5. The van der Waals surface area contributed by atoms with Crippen LogP contribution in [0, 0.1) is 10.1 Å². The van der Waals surface area contributed by atoms with Gasteiger partial charge in [-0.1, -0.05) is 12.1 Å². The zero-order chi connectivity index (χ0) is 18.0. The summed E-state index contributed by atoms with van der Waals surface area (Å²) in [5, 5.41) is 24.6. The SMILES string of the molecule is COc1ccc2cc(O)cc(C(=O)Nc3cccc([N+](=O)[O-])c3)c2c1. The van der Waals surface area contributed by atoms with Gasteiger partial charge in [0.1, 0.15) is 11.5 Å². The predicted molar refractivity (Wildman–Crippen MR) is 93.2 cm³/mol. The number of amides is 1. The van der Waals surface area contributed by atoms with Crippen molar-refractivity contribution in [2.75, 3.05) is 12.4 Å². The number of phenols is 1. The average Bonchev–Trinajstić information content (AvgIpc) is 2.60. The number of non-ortho nitro benzene ring substituents is 1. The Morgan fingerprint density at radius 2 is 1.96 bits per heavy atom. The van der Waals surface area contributed by atoms with Gasteiger partial charge in [-0.15, -0.1) is 0 Å². The summed E-state index contributed by atoms with van der Waals surface area (Å²) >= 11 is 0. The van der Waals surface area contributed by atoms with Crippen LogP contribution < -0.4 is 10.1 Å². The Hall–Kier alpha value is -3.61. The molecule has 7 heteroatoms. The number of nitro benzene ring substituents is 1. The molecule has 0 spiro atoms. The van der Waals surface area contributed by atoms with E-state index in [9.17, 15) is 20.0 Å². The Morgan fingerprint density at radius 1 is 1.16 bits per heavy atom. The van der Waals surface area contributed by atoms with E-state index in [1.807, 2.05) is 0 Å².